The molecule has 0 N–H and O–H groups in total. The first-order valence-electron chi connectivity index (χ1n) is 7.77. The molecule has 0 saturated heterocycles. The van der Waals surface area contributed by atoms with Gasteiger partial charge >= 0.3 is 5.69 Å². The smallest absolute Gasteiger partial charge is 0.314 e. The Morgan fingerprint density at radius 3 is 2.36 bits per heavy atom. The van der Waals surface area contributed by atoms with E-state index in [0.717, 1.165) is 5.30 Å². The van der Waals surface area contributed by atoms with Crippen molar-refractivity contribution in [2.75, 3.05) is 13.7 Å². The number of hydrogen-bond acceptors (Lipinski definition) is 5. The zero-order chi connectivity index (χ0) is 18.6. The average molecular weight is 361 g/mol. The summed E-state index contributed by atoms with van der Waals surface area (Å²) in [5.74, 6) is -0.00404. The lowest BCUT2D eigenvalue weighted by Gasteiger charge is -2.19. The highest BCUT2D eigenvalue weighted by molar-refractivity contribution is 7.78. The summed E-state index contributed by atoms with van der Waals surface area (Å²) in [6.07, 6.45) is 0. The topological polar surface area (TPSA) is 78.7 Å². The Labute approximate surface area is 147 Å². The molecule has 0 fully saturated rings. The number of carbonyl (C=O) groups excluding carboxylic acids is 1. The second kappa shape index (κ2) is 8.19. The van der Waals surface area contributed by atoms with Gasteiger partial charge in [-0.05, 0) is 32.4 Å². The molecule has 0 saturated carbocycles. The van der Waals surface area contributed by atoms with Crippen LogP contribution in [0, 0.1) is 24.0 Å². The normalized spacial score (nSPS) is 11.8. The van der Waals surface area contributed by atoms with Gasteiger partial charge in [-0.3, -0.25) is 14.9 Å². The van der Waals surface area contributed by atoms with Crippen molar-refractivity contribution in [2.24, 2.45) is 0 Å². The third-order valence-corrected chi connectivity index (χ3v) is 5.55. The third kappa shape index (κ3) is 3.86. The summed E-state index contributed by atoms with van der Waals surface area (Å²) in [6, 6.07) is 10.8. The highest BCUT2D eigenvalue weighted by atomic mass is 31.1. The number of carbonyl (C=O) groups is 1. The van der Waals surface area contributed by atoms with E-state index in [0.29, 0.717) is 17.7 Å². The molecule has 2 aromatic carbocycles. The van der Waals surface area contributed by atoms with E-state index in [9.17, 15) is 14.9 Å². The number of methoxy groups -OCH3 is 1. The monoisotopic (exact) mass is 361 g/mol. The highest BCUT2D eigenvalue weighted by Crippen LogP contribution is 2.46. The molecule has 2 aromatic rings. The van der Waals surface area contributed by atoms with Gasteiger partial charge in [0.2, 0.25) is 11.3 Å². The molecule has 2 rings (SSSR count). The van der Waals surface area contributed by atoms with Crippen LogP contribution < -0.4 is 10.0 Å². The predicted molar refractivity (Wildman–Crippen MR) is 98.1 cm³/mol. The van der Waals surface area contributed by atoms with Gasteiger partial charge in [-0.2, -0.15) is 0 Å². The molecule has 1 atom stereocenters. The number of hydrogen-bond donors (Lipinski definition) is 0. The van der Waals surface area contributed by atoms with Crippen molar-refractivity contribution in [1.82, 2.24) is 0 Å². The molecular weight excluding hydrogens is 341 g/mol. The maximum Gasteiger partial charge on any atom is 0.314 e. The number of nitrogens with zero attached hydrogens (tertiary/aromatic N) is 1. The number of nitro groups is 1. The summed E-state index contributed by atoms with van der Waals surface area (Å²) in [5, 5.41) is 12.2. The average Bonchev–Trinajstić information content (AvgIpc) is 2.58. The van der Waals surface area contributed by atoms with Crippen LogP contribution in [0.2, 0.25) is 0 Å². The van der Waals surface area contributed by atoms with Crippen molar-refractivity contribution in [2.45, 2.75) is 20.8 Å². The van der Waals surface area contributed by atoms with E-state index >= 15 is 0 Å². The van der Waals surface area contributed by atoms with Gasteiger partial charge in [0.15, 0.2) is 0 Å². The van der Waals surface area contributed by atoms with Gasteiger partial charge in [0, 0.05) is 17.5 Å². The van der Waals surface area contributed by atoms with Crippen LogP contribution in [-0.4, -0.2) is 24.2 Å². The molecule has 0 amide bonds. The Balaban J connectivity index is 2.64. The van der Waals surface area contributed by atoms with Gasteiger partial charge in [0.25, 0.3) is 0 Å². The molecule has 0 aliphatic heterocycles. The minimum absolute atomic E-state index is 0.00404. The molecule has 1 unspecified atom stereocenters. The maximum atomic E-state index is 13.2. The Kier molecular flexibility index (Phi) is 6.23. The van der Waals surface area contributed by atoms with E-state index in [1.165, 1.54) is 7.11 Å². The van der Waals surface area contributed by atoms with Crippen LogP contribution in [0.25, 0.3) is 0 Å². The van der Waals surface area contributed by atoms with E-state index in [-0.39, 0.29) is 22.5 Å². The van der Waals surface area contributed by atoms with Crippen LogP contribution >= 0.6 is 8.15 Å². The zero-order valence-corrected chi connectivity index (χ0v) is 15.5. The van der Waals surface area contributed by atoms with Gasteiger partial charge in [0.05, 0.1) is 17.6 Å². The molecule has 132 valence electrons. The second-order valence-corrected chi connectivity index (χ2v) is 7.15. The molecule has 6 nitrogen and oxygen atoms in total. The van der Waals surface area contributed by atoms with Gasteiger partial charge < -0.3 is 9.26 Å². The quantitative estimate of drug-likeness (QED) is 0.421. The van der Waals surface area contributed by atoms with Gasteiger partial charge in [0.1, 0.15) is 8.15 Å². The fourth-order valence-electron chi connectivity index (χ4n) is 2.68. The van der Waals surface area contributed by atoms with E-state index in [1.807, 2.05) is 37.3 Å². The largest absolute Gasteiger partial charge is 0.490 e. The molecule has 25 heavy (non-hydrogen) atoms. The second-order valence-electron chi connectivity index (χ2n) is 5.38. The fourth-order valence-corrected chi connectivity index (χ4v) is 4.36. The summed E-state index contributed by atoms with van der Waals surface area (Å²) in [6.45, 7) is 5.55. The zero-order valence-electron chi connectivity index (χ0n) is 14.6. The number of benzene rings is 2. The maximum absolute atomic E-state index is 13.2. The lowest BCUT2D eigenvalue weighted by molar-refractivity contribution is -0.386. The minimum atomic E-state index is -1.61. The Hall–Kier alpha value is -2.30. The number of ether oxygens (including phenoxy) is 1. The number of aryl methyl sites for hydroxylation is 2. The fraction of sp³-hybridized carbons (Fsp3) is 0.278. The van der Waals surface area contributed by atoms with Crippen LogP contribution in [0.15, 0.2) is 36.4 Å². The van der Waals surface area contributed by atoms with E-state index in [4.69, 9.17) is 9.26 Å². The molecule has 0 bridgehead atoms. The Morgan fingerprint density at radius 2 is 1.84 bits per heavy atom. The molecule has 0 aromatic heterocycles. The van der Waals surface area contributed by atoms with Crippen LogP contribution in [0.3, 0.4) is 0 Å². The molecule has 0 radical (unpaired) electrons. The molecule has 0 spiro atoms. The van der Waals surface area contributed by atoms with Crippen LogP contribution in [-0.2, 0) is 4.52 Å². The highest BCUT2D eigenvalue weighted by Gasteiger charge is 2.32. The van der Waals surface area contributed by atoms with Crippen LogP contribution in [0.4, 0.5) is 5.69 Å². The van der Waals surface area contributed by atoms with Crippen molar-refractivity contribution in [1.29, 1.82) is 0 Å². The van der Waals surface area contributed by atoms with Crippen molar-refractivity contribution in [3.05, 3.63) is 63.2 Å². The van der Waals surface area contributed by atoms with Gasteiger partial charge in [-0.1, -0.05) is 30.3 Å². The van der Waals surface area contributed by atoms with Gasteiger partial charge in [-0.25, -0.2) is 0 Å². The summed E-state index contributed by atoms with van der Waals surface area (Å²) >= 11 is 0. The van der Waals surface area contributed by atoms with Crippen molar-refractivity contribution in [3.63, 3.8) is 0 Å². The SMILES string of the molecule is CCOP(C(=O)c1c(C)cc(C)c([N+](=O)[O-])c1OC)c1ccccc1. The molecular formula is C18H20NO5P. The molecule has 0 heterocycles. The number of rotatable bonds is 7. The first-order valence-corrected chi connectivity index (χ1v) is 9.03. The van der Waals surface area contributed by atoms with Gasteiger partial charge in [-0.15, -0.1) is 0 Å². The van der Waals surface area contributed by atoms with Crippen molar-refractivity contribution >= 4 is 24.7 Å². The van der Waals surface area contributed by atoms with Crippen molar-refractivity contribution < 1.29 is 19.0 Å². The molecule has 0 aliphatic carbocycles. The Bertz CT molecular complexity index is 792. The first kappa shape index (κ1) is 19.0. The Morgan fingerprint density at radius 1 is 1.20 bits per heavy atom. The van der Waals surface area contributed by atoms with E-state index in [2.05, 4.69) is 0 Å². The third-order valence-electron chi connectivity index (χ3n) is 3.68. The summed E-state index contributed by atoms with van der Waals surface area (Å²) in [5.41, 5.74) is 0.823. The summed E-state index contributed by atoms with van der Waals surface area (Å²) in [7, 11) is -0.278. The predicted octanol–water partition coefficient (Wildman–Crippen LogP) is 4.12. The van der Waals surface area contributed by atoms with E-state index < -0.39 is 13.1 Å². The molecule has 0 aliphatic rings. The molecule has 7 heteroatoms. The standard InChI is InChI=1S/C18H20NO5P/c1-5-24-25(14-9-7-6-8-10-14)18(20)15-12(2)11-13(3)16(19(21)22)17(15)23-4/h6-11H,5H2,1-4H3. The summed E-state index contributed by atoms with van der Waals surface area (Å²) < 4.78 is 11.0. The van der Waals surface area contributed by atoms with E-state index in [1.54, 1.807) is 19.9 Å². The minimum Gasteiger partial charge on any atom is -0.490 e. The van der Waals surface area contributed by atoms with Crippen molar-refractivity contribution in [3.8, 4) is 5.75 Å². The van der Waals surface area contributed by atoms with Crippen LogP contribution in [0.1, 0.15) is 28.4 Å². The number of nitro benzene ring substituents is 1. The van der Waals surface area contributed by atoms with Crippen LogP contribution in [0.5, 0.6) is 5.75 Å². The summed E-state index contributed by atoms with van der Waals surface area (Å²) in [4.78, 5) is 24.1. The lowest BCUT2D eigenvalue weighted by Crippen LogP contribution is -2.14. The first-order chi connectivity index (χ1) is 11.9. The lowest BCUT2D eigenvalue weighted by atomic mass is 10.0.